The highest BCUT2D eigenvalue weighted by Crippen LogP contribution is 2.19. The van der Waals surface area contributed by atoms with Crippen LogP contribution in [0, 0.1) is 13.8 Å². The topological polar surface area (TPSA) is 54.7 Å². The van der Waals surface area contributed by atoms with Crippen LogP contribution in [0.2, 0.25) is 5.02 Å². The van der Waals surface area contributed by atoms with Gasteiger partial charge in [0.1, 0.15) is 0 Å². The number of hydrogen-bond donors (Lipinski definition) is 2. The molecule has 1 heterocycles. The van der Waals surface area contributed by atoms with Crippen molar-refractivity contribution < 1.29 is 0 Å². The molecule has 3 N–H and O–H groups in total. The molecule has 0 aliphatic carbocycles. The predicted molar refractivity (Wildman–Crippen MR) is 66.7 cm³/mol. The number of nitrogens with one attached hydrogen (secondary N) is 1. The second-order valence-electron chi connectivity index (χ2n) is 3.94. The smallest absolute Gasteiger partial charge is 0.197 e. The Morgan fingerprint density at radius 1 is 1.38 bits per heavy atom. The molecule has 1 aromatic heterocycles. The average molecular weight is 236 g/mol. The Balaban J connectivity index is 2.33. The highest BCUT2D eigenvalue weighted by molar-refractivity contribution is 6.30. The minimum absolute atomic E-state index is 0.465. The molecule has 3 nitrogen and oxygen atoms in total. The molecule has 84 valence electrons. The van der Waals surface area contributed by atoms with Gasteiger partial charge in [-0.1, -0.05) is 17.7 Å². The third kappa shape index (κ3) is 2.19. The fourth-order valence-electron chi connectivity index (χ4n) is 1.70. The van der Waals surface area contributed by atoms with E-state index in [2.05, 4.69) is 16.9 Å². The van der Waals surface area contributed by atoms with E-state index in [0.29, 0.717) is 5.95 Å². The van der Waals surface area contributed by atoms with Crippen molar-refractivity contribution in [2.24, 2.45) is 0 Å². The molecule has 0 spiro atoms. The van der Waals surface area contributed by atoms with Gasteiger partial charge >= 0.3 is 0 Å². The van der Waals surface area contributed by atoms with Crippen molar-refractivity contribution in [2.45, 2.75) is 20.3 Å². The van der Waals surface area contributed by atoms with Gasteiger partial charge in [0.2, 0.25) is 0 Å². The third-order valence-corrected chi connectivity index (χ3v) is 2.91. The lowest BCUT2D eigenvalue weighted by molar-refractivity contribution is 1.06. The van der Waals surface area contributed by atoms with Gasteiger partial charge in [0, 0.05) is 17.1 Å². The Morgan fingerprint density at radius 2 is 2.12 bits per heavy atom. The maximum atomic E-state index is 5.98. The second-order valence-corrected chi connectivity index (χ2v) is 4.38. The van der Waals surface area contributed by atoms with Crippen molar-refractivity contribution in [3.8, 4) is 0 Å². The van der Waals surface area contributed by atoms with E-state index in [4.69, 9.17) is 17.3 Å². The van der Waals surface area contributed by atoms with Crippen molar-refractivity contribution in [3.63, 3.8) is 0 Å². The lowest BCUT2D eigenvalue weighted by Crippen LogP contribution is -1.94. The van der Waals surface area contributed by atoms with Gasteiger partial charge in [-0.15, -0.1) is 0 Å². The van der Waals surface area contributed by atoms with Gasteiger partial charge in [-0.3, -0.25) is 0 Å². The number of benzene rings is 1. The summed E-state index contributed by atoms with van der Waals surface area (Å²) in [5, 5.41) is 0.752. The van der Waals surface area contributed by atoms with Crippen LogP contribution >= 0.6 is 11.6 Å². The highest BCUT2D eigenvalue weighted by atomic mass is 35.5. The minimum Gasteiger partial charge on any atom is -0.369 e. The Labute approximate surface area is 99.7 Å². The monoisotopic (exact) mass is 235 g/mol. The number of rotatable bonds is 2. The van der Waals surface area contributed by atoms with Crippen molar-refractivity contribution in [2.75, 3.05) is 5.73 Å². The molecule has 16 heavy (non-hydrogen) atoms. The van der Waals surface area contributed by atoms with E-state index in [1.165, 1.54) is 11.1 Å². The zero-order valence-electron chi connectivity index (χ0n) is 9.34. The van der Waals surface area contributed by atoms with E-state index < -0.39 is 0 Å². The number of hydrogen-bond acceptors (Lipinski definition) is 2. The number of aromatic amines is 1. The number of aryl methyl sites for hydroxylation is 2. The number of halogens is 1. The summed E-state index contributed by atoms with van der Waals surface area (Å²) in [6.07, 6.45) is 0.756. The summed E-state index contributed by atoms with van der Waals surface area (Å²) in [5.41, 5.74) is 9.99. The summed E-state index contributed by atoms with van der Waals surface area (Å²) in [7, 11) is 0. The molecule has 0 bridgehead atoms. The molecule has 0 unspecified atom stereocenters. The number of anilines is 1. The molecular formula is C12H14ClN3. The number of imidazole rings is 1. The van der Waals surface area contributed by atoms with Crippen LogP contribution < -0.4 is 5.73 Å². The molecule has 0 atom stereocenters. The summed E-state index contributed by atoms with van der Waals surface area (Å²) < 4.78 is 0. The van der Waals surface area contributed by atoms with Crippen LogP contribution in [0.25, 0.3) is 0 Å². The molecule has 4 heteroatoms. The first-order valence-electron chi connectivity index (χ1n) is 5.12. The lowest BCUT2D eigenvalue weighted by Gasteiger charge is -2.05. The zero-order valence-corrected chi connectivity index (χ0v) is 10.1. The Kier molecular flexibility index (Phi) is 2.88. The van der Waals surface area contributed by atoms with Crippen molar-refractivity contribution in [1.29, 1.82) is 0 Å². The van der Waals surface area contributed by atoms with Crippen molar-refractivity contribution >= 4 is 17.5 Å². The number of nitrogens with zero attached hydrogens (tertiary/aromatic N) is 1. The van der Waals surface area contributed by atoms with Crippen LogP contribution in [-0.2, 0) is 6.42 Å². The molecule has 0 amide bonds. The Hall–Kier alpha value is -1.48. The molecule has 0 fully saturated rings. The fraction of sp³-hybridized carbons (Fsp3) is 0.250. The van der Waals surface area contributed by atoms with Gasteiger partial charge in [0.15, 0.2) is 5.95 Å². The van der Waals surface area contributed by atoms with Crippen LogP contribution in [0.5, 0.6) is 0 Å². The van der Waals surface area contributed by atoms with Crippen molar-refractivity contribution in [3.05, 3.63) is 45.7 Å². The second kappa shape index (κ2) is 4.18. The fourth-order valence-corrected chi connectivity index (χ4v) is 1.90. The summed E-state index contributed by atoms with van der Waals surface area (Å²) in [5.74, 6) is 0.465. The maximum Gasteiger partial charge on any atom is 0.197 e. The molecule has 0 saturated carbocycles. The van der Waals surface area contributed by atoms with E-state index in [1.54, 1.807) is 0 Å². The third-order valence-electron chi connectivity index (χ3n) is 2.67. The first-order chi connectivity index (χ1) is 7.56. The van der Waals surface area contributed by atoms with Crippen LogP contribution in [0.15, 0.2) is 18.2 Å². The molecule has 0 radical (unpaired) electrons. The summed E-state index contributed by atoms with van der Waals surface area (Å²) in [6, 6.07) is 5.89. The zero-order chi connectivity index (χ0) is 11.7. The number of H-pyrrole nitrogens is 1. The molecule has 0 aliphatic rings. The van der Waals surface area contributed by atoms with Gasteiger partial charge in [-0.2, -0.15) is 0 Å². The van der Waals surface area contributed by atoms with E-state index in [1.807, 2.05) is 25.1 Å². The molecular weight excluding hydrogens is 222 g/mol. The van der Waals surface area contributed by atoms with Gasteiger partial charge in [-0.25, -0.2) is 4.98 Å². The SMILES string of the molecule is Cc1ccc(Cl)cc1Cc1nc(N)[nH]c1C. The number of aromatic nitrogens is 2. The molecule has 1 aromatic carbocycles. The molecule has 2 rings (SSSR count). The Morgan fingerprint density at radius 3 is 2.75 bits per heavy atom. The first-order valence-corrected chi connectivity index (χ1v) is 5.50. The van der Waals surface area contributed by atoms with E-state index in [0.717, 1.165) is 22.8 Å². The lowest BCUT2D eigenvalue weighted by atomic mass is 10.0. The molecule has 0 aliphatic heterocycles. The quantitative estimate of drug-likeness (QED) is 0.841. The van der Waals surface area contributed by atoms with Crippen LogP contribution in [0.1, 0.15) is 22.5 Å². The largest absolute Gasteiger partial charge is 0.369 e. The highest BCUT2D eigenvalue weighted by Gasteiger charge is 2.07. The summed E-state index contributed by atoms with van der Waals surface area (Å²) in [6.45, 7) is 4.04. The standard InChI is InChI=1S/C12H14ClN3/c1-7-3-4-10(13)5-9(7)6-11-8(2)15-12(14)16-11/h3-5H,6H2,1-2H3,(H3,14,15,16). The van der Waals surface area contributed by atoms with E-state index >= 15 is 0 Å². The van der Waals surface area contributed by atoms with Crippen LogP contribution in [-0.4, -0.2) is 9.97 Å². The summed E-state index contributed by atoms with van der Waals surface area (Å²) >= 11 is 5.98. The number of nitrogens with two attached hydrogens (primary N) is 1. The average Bonchev–Trinajstić information content (AvgIpc) is 2.51. The van der Waals surface area contributed by atoms with E-state index in [9.17, 15) is 0 Å². The molecule has 0 saturated heterocycles. The number of nitrogen functional groups attached to an aromatic ring is 1. The van der Waals surface area contributed by atoms with Gasteiger partial charge in [0.05, 0.1) is 5.69 Å². The minimum atomic E-state index is 0.465. The Bertz CT molecular complexity index is 517. The van der Waals surface area contributed by atoms with Gasteiger partial charge in [0.25, 0.3) is 0 Å². The van der Waals surface area contributed by atoms with Crippen LogP contribution in [0.3, 0.4) is 0 Å². The van der Waals surface area contributed by atoms with Crippen molar-refractivity contribution in [1.82, 2.24) is 9.97 Å². The molecule has 2 aromatic rings. The van der Waals surface area contributed by atoms with Gasteiger partial charge in [-0.05, 0) is 37.1 Å². The maximum absolute atomic E-state index is 5.98. The van der Waals surface area contributed by atoms with Gasteiger partial charge < -0.3 is 10.7 Å². The van der Waals surface area contributed by atoms with Crippen LogP contribution in [0.4, 0.5) is 5.95 Å². The predicted octanol–water partition coefficient (Wildman–Crippen LogP) is 2.85. The van der Waals surface area contributed by atoms with E-state index in [-0.39, 0.29) is 0 Å². The summed E-state index contributed by atoms with van der Waals surface area (Å²) in [4.78, 5) is 7.25. The normalized spacial score (nSPS) is 10.7. The first kappa shape index (κ1) is 11.0.